The SMILES string of the molecule is O=C(O)c1ccc(C2(NC(=O)c3cc4c(c5cnn(Cc6ccc(Cl)cc6)c35)CCC4)CC2)cc1. The lowest BCUT2D eigenvalue weighted by Gasteiger charge is -2.20. The van der Waals surface area contributed by atoms with Crippen LogP contribution in [-0.2, 0) is 24.9 Å². The van der Waals surface area contributed by atoms with Crippen LogP contribution in [0.1, 0.15) is 62.2 Å². The number of carbonyl (C=O) groups is 2. The Balaban J connectivity index is 1.37. The van der Waals surface area contributed by atoms with E-state index in [0.717, 1.165) is 54.1 Å². The molecule has 176 valence electrons. The van der Waals surface area contributed by atoms with Crippen molar-refractivity contribution in [1.82, 2.24) is 15.1 Å². The van der Waals surface area contributed by atoms with E-state index in [1.807, 2.05) is 41.2 Å². The molecule has 0 bridgehead atoms. The molecule has 0 aliphatic heterocycles. The molecule has 4 aromatic rings. The Kier molecular flexibility index (Phi) is 5.15. The second kappa shape index (κ2) is 8.24. The molecule has 1 saturated carbocycles. The lowest BCUT2D eigenvalue weighted by atomic mass is 9.99. The van der Waals surface area contributed by atoms with Gasteiger partial charge in [-0.1, -0.05) is 35.9 Å². The van der Waals surface area contributed by atoms with Crippen LogP contribution in [0.3, 0.4) is 0 Å². The number of benzene rings is 3. The summed E-state index contributed by atoms with van der Waals surface area (Å²) >= 11 is 6.06. The number of aromatic carboxylic acids is 1. The molecule has 1 aromatic heterocycles. The van der Waals surface area contributed by atoms with Crippen molar-refractivity contribution in [2.75, 3.05) is 0 Å². The Morgan fingerprint density at radius 3 is 2.49 bits per heavy atom. The maximum atomic E-state index is 13.7. The van der Waals surface area contributed by atoms with Crippen molar-refractivity contribution in [3.8, 4) is 0 Å². The Bertz CT molecular complexity index is 1470. The number of hydrogen-bond donors (Lipinski definition) is 2. The zero-order chi connectivity index (χ0) is 24.2. The van der Waals surface area contributed by atoms with E-state index >= 15 is 0 Å². The molecule has 1 heterocycles. The zero-order valence-corrected chi connectivity index (χ0v) is 19.8. The van der Waals surface area contributed by atoms with Crippen LogP contribution in [0.25, 0.3) is 10.9 Å². The minimum atomic E-state index is -0.958. The van der Waals surface area contributed by atoms with E-state index in [2.05, 4.69) is 10.4 Å². The third kappa shape index (κ3) is 3.88. The molecular formula is C28H24ClN3O3. The molecule has 6 nitrogen and oxygen atoms in total. The average molecular weight is 486 g/mol. The first-order valence-corrected chi connectivity index (χ1v) is 12.2. The monoisotopic (exact) mass is 485 g/mol. The maximum absolute atomic E-state index is 13.7. The molecule has 1 fully saturated rings. The number of nitrogens with one attached hydrogen (secondary N) is 1. The summed E-state index contributed by atoms with van der Waals surface area (Å²) in [5.74, 6) is -1.08. The Hall–Kier alpha value is -3.64. The highest BCUT2D eigenvalue weighted by Crippen LogP contribution is 2.46. The summed E-state index contributed by atoms with van der Waals surface area (Å²) in [6.07, 6.45) is 6.59. The van der Waals surface area contributed by atoms with Gasteiger partial charge in [0.15, 0.2) is 0 Å². The van der Waals surface area contributed by atoms with Gasteiger partial charge in [0.1, 0.15) is 0 Å². The number of rotatable bonds is 6. The molecule has 2 aliphatic rings. The van der Waals surface area contributed by atoms with Gasteiger partial charge in [0.05, 0.1) is 34.9 Å². The number of fused-ring (bicyclic) bond motifs is 3. The number of aryl methyl sites for hydroxylation is 2. The van der Waals surface area contributed by atoms with Crippen molar-refractivity contribution in [2.45, 2.75) is 44.2 Å². The number of halogens is 1. The van der Waals surface area contributed by atoms with Crippen molar-refractivity contribution < 1.29 is 14.7 Å². The molecular weight excluding hydrogens is 462 g/mol. The smallest absolute Gasteiger partial charge is 0.335 e. The largest absolute Gasteiger partial charge is 0.478 e. The van der Waals surface area contributed by atoms with Crippen molar-refractivity contribution >= 4 is 34.4 Å². The van der Waals surface area contributed by atoms with E-state index in [1.54, 1.807) is 24.3 Å². The van der Waals surface area contributed by atoms with E-state index in [-0.39, 0.29) is 11.5 Å². The van der Waals surface area contributed by atoms with E-state index in [9.17, 15) is 14.7 Å². The van der Waals surface area contributed by atoms with Crippen LogP contribution in [0.2, 0.25) is 5.02 Å². The molecule has 0 saturated heterocycles. The van der Waals surface area contributed by atoms with Crippen molar-refractivity contribution in [1.29, 1.82) is 0 Å². The van der Waals surface area contributed by atoms with E-state index < -0.39 is 11.5 Å². The first-order valence-electron chi connectivity index (χ1n) is 11.8. The number of carboxylic acid groups (broad SMARTS) is 1. The van der Waals surface area contributed by atoms with Crippen LogP contribution >= 0.6 is 11.6 Å². The first kappa shape index (κ1) is 21.9. The quantitative estimate of drug-likeness (QED) is 0.386. The van der Waals surface area contributed by atoms with Gasteiger partial charge in [0.2, 0.25) is 0 Å². The van der Waals surface area contributed by atoms with Crippen LogP contribution < -0.4 is 5.32 Å². The summed E-state index contributed by atoms with van der Waals surface area (Å²) in [6.45, 7) is 0.543. The molecule has 0 unspecified atom stereocenters. The first-order chi connectivity index (χ1) is 16.9. The fraction of sp³-hybridized carbons (Fsp3) is 0.250. The molecule has 0 spiro atoms. The highest BCUT2D eigenvalue weighted by Gasteiger charge is 2.46. The lowest BCUT2D eigenvalue weighted by Crippen LogP contribution is -2.35. The number of carboxylic acids is 1. The van der Waals surface area contributed by atoms with Crippen molar-refractivity contribution in [2.24, 2.45) is 0 Å². The van der Waals surface area contributed by atoms with Gasteiger partial charge in [-0.2, -0.15) is 5.10 Å². The fourth-order valence-electron chi connectivity index (χ4n) is 5.25. The van der Waals surface area contributed by atoms with Gasteiger partial charge < -0.3 is 10.4 Å². The Morgan fingerprint density at radius 1 is 1.06 bits per heavy atom. The van der Waals surface area contributed by atoms with Gasteiger partial charge >= 0.3 is 5.97 Å². The Morgan fingerprint density at radius 2 is 1.80 bits per heavy atom. The average Bonchev–Trinajstić information content (AvgIpc) is 3.28. The third-order valence-corrected chi connectivity index (χ3v) is 7.53. The van der Waals surface area contributed by atoms with E-state index in [1.165, 1.54) is 11.1 Å². The van der Waals surface area contributed by atoms with Crippen LogP contribution in [0, 0.1) is 0 Å². The van der Waals surface area contributed by atoms with E-state index in [0.29, 0.717) is 17.1 Å². The third-order valence-electron chi connectivity index (χ3n) is 7.28. The van der Waals surface area contributed by atoms with Gasteiger partial charge in [-0.15, -0.1) is 0 Å². The van der Waals surface area contributed by atoms with Crippen LogP contribution in [0.4, 0.5) is 0 Å². The van der Waals surface area contributed by atoms with Gasteiger partial charge in [0.25, 0.3) is 5.91 Å². The summed E-state index contributed by atoms with van der Waals surface area (Å²) in [5.41, 5.74) is 5.79. The van der Waals surface area contributed by atoms with Gasteiger partial charge in [-0.25, -0.2) is 4.79 Å². The summed E-state index contributed by atoms with van der Waals surface area (Å²) < 4.78 is 1.91. The summed E-state index contributed by atoms with van der Waals surface area (Å²) in [7, 11) is 0. The molecule has 2 aliphatic carbocycles. The number of amides is 1. The van der Waals surface area contributed by atoms with Gasteiger partial charge in [0, 0.05) is 10.4 Å². The topological polar surface area (TPSA) is 84.2 Å². The standard InChI is InChI=1S/C28H24ClN3O3/c29-21-10-4-17(5-11-21)16-32-25-23(14-19-2-1-3-22(19)24(25)15-30-32)26(33)31-28(12-13-28)20-8-6-18(7-9-20)27(34)35/h4-11,14-15H,1-3,12-13,16H2,(H,31,33)(H,34,35). The number of hydrogen-bond acceptors (Lipinski definition) is 3. The van der Waals surface area contributed by atoms with Crippen molar-refractivity contribution in [3.63, 3.8) is 0 Å². The second-order valence-corrected chi connectivity index (χ2v) is 9.96. The van der Waals surface area contributed by atoms with Crippen LogP contribution in [0.5, 0.6) is 0 Å². The second-order valence-electron chi connectivity index (χ2n) is 9.53. The molecule has 2 N–H and O–H groups in total. The van der Waals surface area contributed by atoms with Gasteiger partial charge in [-0.05, 0) is 84.7 Å². The molecule has 6 rings (SSSR count). The molecule has 35 heavy (non-hydrogen) atoms. The minimum absolute atomic E-state index is 0.123. The predicted octanol–water partition coefficient (Wildman–Crippen LogP) is 5.34. The number of carbonyl (C=O) groups excluding carboxylic acids is 1. The molecule has 7 heteroatoms. The van der Waals surface area contributed by atoms with Crippen LogP contribution in [0.15, 0.2) is 60.8 Å². The summed E-state index contributed by atoms with van der Waals surface area (Å²) in [5, 5.41) is 18.9. The normalized spacial score (nSPS) is 15.7. The number of nitrogens with zero attached hydrogens (tertiary/aromatic N) is 2. The maximum Gasteiger partial charge on any atom is 0.335 e. The summed E-state index contributed by atoms with van der Waals surface area (Å²) in [6, 6.07) is 16.5. The molecule has 1 amide bonds. The summed E-state index contributed by atoms with van der Waals surface area (Å²) in [4.78, 5) is 25.0. The van der Waals surface area contributed by atoms with Gasteiger partial charge in [-0.3, -0.25) is 9.48 Å². The zero-order valence-electron chi connectivity index (χ0n) is 19.1. The lowest BCUT2D eigenvalue weighted by molar-refractivity contribution is 0.0696. The molecule has 0 radical (unpaired) electrons. The van der Waals surface area contributed by atoms with E-state index in [4.69, 9.17) is 11.6 Å². The number of aromatic nitrogens is 2. The van der Waals surface area contributed by atoms with Crippen molar-refractivity contribution in [3.05, 3.63) is 99.2 Å². The molecule has 0 atom stereocenters. The highest BCUT2D eigenvalue weighted by molar-refractivity contribution is 6.30. The fourth-order valence-corrected chi connectivity index (χ4v) is 5.38. The highest BCUT2D eigenvalue weighted by atomic mass is 35.5. The Labute approximate surface area is 207 Å². The van der Waals surface area contributed by atoms with Crippen LogP contribution in [-0.4, -0.2) is 26.8 Å². The molecule has 3 aromatic carbocycles. The predicted molar refractivity (Wildman–Crippen MR) is 134 cm³/mol. The minimum Gasteiger partial charge on any atom is -0.478 e.